The number of aryl methyl sites for hydroxylation is 1. The van der Waals surface area contributed by atoms with Crippen molar-refractivity contribution in [3.05, 3.63) is 53.1 Å². The average Bonchev–Trinajstić information content (AvgIpc) is 2.91. The van der Waals surface area contributed by atoms with Crippen molar-refractivity contribution in [2.45, 2.75) is 45.1 Å². The number of carboxylic acids is 1. The highest BCUT2D eigenvalue weighted by atomic mass is 16.4. The maximum absolute atomic E-state index is 11.0. The van der Waals surface area contributed by atoms with Crippen molar-refractivity contribution in [3.63, 3.8) is 0 Å². The summed E-state index contributed by atoms with van der Waals surface area (Å²) in [5.74, 6) is -1.24. The van der Waals surface area contributed by atoms with Crippen LogP contribution in [0.25, 0.3) is 0 Å². The molecule has 2 aromatic rings. The van der Waals surface area contributed by atoms with Gasteiger partial charge in [0.25, 0.3) is 0 Å². The van der Waals surface area contributed by atoms with Gasteiger partial charge in [0.05, 0.1) is 17.9 Å². The number of imidazole rings is 1. The highest BCUT2D eigenvalue weighted by Crippen LogP contribution is 2.21. The van der Waals surface area contributed by atoms with Crippen LogP contribution < -0.4 is 0 Å². The first kappa shape index (κ1) is 13.9. The summed E-state index contributed by atoms with van der Waals surface area (Å²) in [5.41, 5.74) is 4.64. The highest BCUT2D eigenvalue weighted by Gasteiger charge is 2.16. The summed E-state index contributed by atoms with van der Waals surface area (Å²) in [4.78, 5) is 15.5. The Morgan fingerprint density at radius 3 is 2.71 bits per heavy atom. The number of hydrogen-bond donors (Lipinski definition) is 1. The minimum Gasteiger partial charge on any atom is -0.481 e. The van der Waals surface area contributed by atoms with Gasteiger partial charge in [0, 0.05) is 12.2 Å². The van der Waals surface area contributed by atoms with E-state index in [4.69, 9.17) is 5.11 Å². The monoisotopic (exact) mass is 284 g/mol. The van der Waals surface area contributed by atoms with Crippen molar-refractivity contribution in [1.82, 2.24) is 9.55 Å². The van der Waals surface area contributed by atoms with Crippen molar-refractivity contribution in [3.8, 4) is 0 Å². The molecule has 0 saturated carbocycles. The molecule has 1 N–H and O–H groups in total. The number of hydrogen-bond acceptors (Lipinski definition) is 2. The Morgan fingerprint density at radius 1 is 1.29 bits per heavy atom. The third-order valence-corrected chi connectivity index (χ3v) is 4.31. The smallest absolute Gasteiger partial charge is 0.310 e. The molecule has 0 spiro atoms. The van der Waals surface area contributed by atoms with Crippen LogP contribution in [0.1, 0.15) is 48.2 Å². The fraction of sp³-hybridized carbons (Fsp3) is 0.412. The molecule has 21 heavy (non-hydrogen) atoms. The summed E-state index contributed by atoms with van der Waals surface area (Å²) in [6.45, 7) is 2.52. The van der Waals surface area contributed by atoms with E-state index in [1.54, 1.807) is 6.92 Å². The van der Waals surface area contributed by atoms with Crippen molar-refractivity contribution in [2.24, 2.45) is 0 Å². The summed E-state index contributed by atoms with van der Waals surface area (Å²) >= 11 is 0. The minimum absolute atomic E-state index is 0.458. The van der Waals surface area contributed by atoms with Crippen LogP contribution in [0.2, 0.25) is 0 Å². The Kier molecular flexibility index (Phi) is 3.78. The summed E-state index contributed by atoms with van der Waals surface area (Å²) in [6, 6.07) is 7.86. The molecule has 1 aromatic heterocycles. The zero-order chi connectivity index (χ0) is 14.8. The molecule has 1 aliphatic rings. The zero-order valence-corrected chi connectivity index (χ0v) is 12.2. The number of aliphatic carboxylic acids is 1. The molecule has 0 bridgehead atoms. The van der Waals surface area contributed by atoms with Crippen LogP contribution in [0, 0.1) is 0 Å². The molecule has 4 nitrogen and oxygen atoms in total. The van der Waals surface area contributed by atoms with Gasteiger partial charge in [-0.2, -0.15) is 0 Å². The van der Waals surface area contributed by atoms with Crippen LogP contribution in [0.3, 0.4) is 0 Å². The normalized spacial score (nSPS) is 15.5. The van der Waals surface area contributed by atoms with Gasteiger partial charge in [-0.1, -0.05) is 24.3 Å². The molecule has 0 radical (unpaired) electrons. The number of carboxylic acid groups (broad SMARTS) is 1. The molecule has 3 rings (SSSR count). The standard InChI is InChI=1S/C17H20N2O2/c1-12(17(20)21)14-8-6-13(7-9-14)10-19-11-18-15-4-2-3-5-16(15)19/h6-9,11-12H,2-5,10H2,1H3,(H,20,21). The summed E-state index contributed by atoms with van der Waals surface area (Å²) in [5, 5.41) is 9.03. The first-order valence-electron chi connectivity index (χ1n) is 7.49. The first-order valence-corrected chi connectivity index (χ1v) is 7.49. The van der Waals surface area contributed by atoms with Gasteiger partial charge in [0.1, 0.15) is 0 Å². The van der Waals surface area contributed by atoms with Gasteiger partial charge in [-0.3, -0.25) is 4.79 Å². The van der Waals surface area contributed by atoms with E-state index in [2.05, 4.69) is 9.55 Å². The lowest BCUT2D eigenvalue weighted by atomic mass is 9.99. The second-order valence-electron chi connectivity index (χ2n) is 5.77. The Balaban J connectivity index is 1.76. The third kappa shape index (κ3) is 2.84. The van der Waals surface area contributed by atoms with E-state index in [0.29, 0.717) is 0 Å². The van der Waals surface area contributed by atoms with E-state index >= 15 is 0 Å². The van der Waals surface area contributed by atoms with Crippen LogP contribution in [0.5, 0.6) is 0 Å². The van der Waals surface area contributed by atoms with Crippen LogP contribution >= 0.6 is 0 Å². The quantitative estimate of drug-likeness (QED) is 0.939. The number of nitrogens with zero attached hydrogens (tertiary/aromatic N) is 2. The van der Waals surface area contributed by atoms with Gasteiger partial charge in [-0.05, 0) is 43.7 Å². The highest BCUT2D eigenvalue weighted by molar-refractivity contribution is 5.75. The van der Waals surface area contributed by atoms with E-state index in [0.717, 1.165) is 24.9 Å². The molecule has 4 heteroatoms. The molecule has 0 amide bonds. The van der Waals surface area contributed by atoms with Crippen molar-refractivity contribution < 1.29 is 9.90 Å². The van der Waals surface area contributed by atoms with Gasteiger partial charge in [-0.25, -0.2) is 4.98 Å². The summed E-state index contributed by atoms with van der Waals surface area (Å²) in [6.07, 6.45) is 6.63. The SMILES string of the molecule is CC(C(=O)O)c1ccc(Cn2cnc3c2CCCC3)cc1. The van der Waals surface area contributed by atoms with Gasteiger partial charge >= 0.3 is 5.97 Å². The van der Waals surface area contributed by atoms with Gasteiger partial charge < -0.3 is 9.67 Å². The predicted molar refractivity (Wildman–Crippen MR) is 80.5 cm³/mol. The Labute approximate surface area is 124 Å². The lowest BCUT2D eigenvalue weighted by molar-refractivity contribution is -0.138. The molecule has 1 aliphatic carbocycles. The predicted octanol–water partition coefficient (Wildman–Crippen LogP) is 3.00. The van der Waals surface area contributed by atoms with Crippen LogP contribution in [-0.2, 0) is 24.2 Å². The molecule has 1 aromatic carbocycles. The average molecular weight is 284 g/mol. The summed E-state index contributed by atoms with van der Waals surface area (Å²) in [7, 11) is 0. The third-order valence-electron chi connectivity index (χ3n) is 4.31. The first-order chi connectivity index (χ1) is 10.1. The van der Waals surface area contributed by atoms with Crippen LogP contribution in [0.15, 0.2) is 30.6 Å². The Hall–Kier alpha value is -2.10. The molecule has 0 fully saturated rings. The van der Waals surface area contributed by atoms with Crippen LogP contribution in [0.4, 0.5) is 0 Å². The lowest BCUT2D eigenvalue weighted by Gasteiger charge is -2.14. The van der Waals surface area contributed by atoms with Gasteiger partial charge in [0.2, 0.25) is 0 Å². The Morgan fingerprint density at radius 2 is 2.00 bits per heavy atom. The second kappa shape index (κ2) is 5.72. The van der Waals surface area contributed by atoms with E-state index in [9.17, 15) is 4.79 Å². The van der Waals surface area contributed by atoms with Crippen molar-refractivity contribution >= 4 is 5.97 Å². The maximum Gasteiger partial charge on any atom is 0.310 e. The molecular formula is C17H20N2O2. The molecule has 0 saturated heterocycles. The van der Waals surface area contributed by atoms with Crippen molar-refractivity contribution in [2.75, 3.05) is 0 Å². The molecule has 1 unspecified atom stereocenters. The van der Waals surface area contributed by atoms with E-state index in [1.807, 2.05) is 30.6 Å². The maximum atomic E-state index is 11.0. The summed E-state index contributed by atoms with van der Waals surface area (Å²) < 4.78 is 2.23. The molecule has 0 aliphatic heterocycles. The molecular weight excluding hydrogens is 264 g/mol. The number of carbonyl (C=O) groups is 1. The molecule has 1 heterocycles. The topological polar surface area (TPSA) is 55.1 Å². The fourth-order valence-electron chi connectivity index (χ4n) is 2.92. The molecule has 1 atom stereocenters. The number of aromatic nitrogens is 2. The molecule has 110 valence electrons. The largest absolute Gasteiger partial charge is 0.481 e. The minimum atomic E-state index is -0.786. The number of benzene rings is 1. The van der Waals surface area contributed by atoms with Crippen molar-refractivity contribution in [1.29, 1.82) is 0 Å². The van der Waals surface area contributed by atoms with Gasteiger partial charge in [-0.15, -0.1) is 0 Å². The van der Waals surface area contributed by atoms with E-state index in [-0.39, 0.29) is 0 Å². The van der Waals surface area contributed by atoms with Gasteiger partial charge in [0.15, 0.2) is 0 Å². The lowest BCUT2D eigenvalue weighted by Crippen LogP contribution is -2.10. The fourth-order valence-corrected chi connectivity index (χ4v) is 2.92. The zero-order valence-electron chi connectivity index (χ0n) is 12.2. The number of fused-ring (bicyclic) bond motifs is 1. The number of rotatable bonds is 4. The van der Waals surface area contributed by atoms with E-state index < -0.39 is 11.9 Å². The Bertz CT molecular complexity index is 643. The van der Waals surface area contributed by atoms with Crippen LogP contribution in [-0.4, -0.2) is 20.6 Å². The van der Waals surface area contributed by atoms with E-state index in [1.165, 1.54) is 29.8 Å². The second-order valence-corrected chi connectivity index (χ2v) is 5.77.